The van der Waals surface area contributed by atoms with E-state index in [4.69, 9.17) is 0 Å². The number of hydrogen-bond acceptors (Lipinski definition) is 6. The fraction of sp³-hybridized carbons (Fsp3) is 0.100. The van der Waals surface area contributed by atoms with Gasteiger partial charge in [0.15, 0.2) is 5.69 Å². The molecule has 1 unspecified atom stereocenters. The number of nitrogens with one attached hydrogen (secondary N) is 2. The van der Waals surface area contributed by atoms with Gasteiger partial charge in [0.1, 0.15) is 0 Å². The Hall–Kier alpha value is -3.32. The van der Waals surface area contributed by atoms with Gasteiger partial charge in [0.25, 0.3) is 5.91 Å². The van der Waals surface area contributed by atoms with E-state index in [1.165, 1.54) is 11.3 Å². The van der Waals surface area contributed by atoms with Crippen molar-refractivity contribution in [3.05, 3.63) is 77.6 Å². The summed E-state index contributed by atoms with van der Waals surface area (Å²) in [7, 11) is 0. The first kappa shape index (κ1) is 17.1. The van der Waals surface area contributed by atoms with Crippen LogP contribution in [0, 0.1) is 0 Å². The Bertz CT molecular complexity index is 1070. The topological polar surface area (TPSA) is 79.8 Å². The molecule has 27 heavy (non-hydrogen) atoms. The second-order valence-electron chi connectivity index (χ2n) is 5.97. The highest BCUT2D eigenvalue weighted by Gasteiger charge is 2.18. The van der Waals surface area contributed by atoms with E-state index in [1.807, 2.05) is 66.9 Å². The number of thiophene rings is 1. The number of hydrogen-bond donors (Lipinski definition) is 2. The van der Waals surface area contributed by atoms with Crippen LogP contribution in [0.3, 0.4) is 0 Å². The average Bonchev–Trinajstić information content (AvgIpc) is 3.17. The SMILES string of the molecule is CC(Nc1nc(C(=O)Nc2ccccc2)c2sccc2n1)c1ccccn1. The van der Waals surface area contributed by atoms with Crippen LogP contribution in [0.15, 0.2) is 66.2 Å². The number of carbonyl (C=O) groups is 1. The molecule has 0 fully saturated rings. The third kappa shape index (κ3) is 3.78. The number of aromatic nitrogens is 3. The normalized spacial score (nSPS) is 11.9. The van der Waals surface area contributed by atoms with E-state index in [0.717, 1.165) is 21.6 Å². The van der Waals surface area contributed by atoms with Gasteiger partial charge >= 0.3 is 0 Å². The van der Waals surface area contributed by atoms with Gasteiger partial charge in [0.2, 0.25) is 5.95 Å². The summed E-state index contributed by atoms with van der Waals surface area (Å²) in [5, 5.41) is 8.04. The van der Waals surface area contributed by atoms with E-state index in [-0.39, 0.29) is 11.9 Å². The van der Waals surface area contributed by atoms with Gasteiger partial charge in [0, 0.05) is 11.9 Å². The first-order valence-electron chi connectivity index (χ1n) is 8.50. The number of rotatable bonds is 5. The van der Waals surface area contributed by atoms with Crippen molar-refractivity contribution in [3.8, 4) is 0 Å². The monoisotopic (exact) mass is 375 g/mol. The molecular weight excluding hydrogens is 358 g/mol. The van der Waals surface area contributed by atoms with Gasteiger partial charge in [-0.25, -0.2) is 9.97 Å². The van der Waals surface area contributed by atoms with Crippen LogP contribution in [0.5, 0.6) is 0 Å². The molecule has 7 heteroatoms. The minimum atomic E-state index is -0.260. The van der Waals surface area contributed by atoms with Crippen LogP contribution in [-0.4, -0.2) is 20.9 Å². The number of fused-ring (bicyclic) bond motifs is 1. The van der Waals surface area contributed by atoms with Crippen molar-refractivity contribution in [1.29, 1.82) is 0 Å². The van der Waals surface area contributed by atoms with Crippen molar-refractivity contribution < 1.29 is 4.79 Å². The Morgan fingerprint density at radius 1 is 1.04 bits per heavy atom. The minimum absolute atomic E-state index is 0.0904. The molecule has 2 N–H and O–H groups in total. The van der Waals surface area contributed by atoms with Gasteiger partial charge in [-0.15, -0.1) is 11.3 Å². The second-order valence-corrected chi connectivity index (χ2v) is 6.89. The lowest BCUT2D eigenvalue weighted by molar-refractivity contribution is 0.102. The van der Waals surface area contributed by atoms with Gasteiger partial charge in [-0.1, -0.05) is 24.3 Å². The van der Waals surface area contributed by atoms with Crippen molar-refractivity contribution in [2.75, 3.05) is 10.6 Å². The zero-order valence-electron chi connectivity index (χ0n) is 14.6. The number of benzene rings is 1. The summed E-state index contributed by atoms with van der Waals surface area (Å²) in [6.07, 6.45) is 1.75. The Morgan fingerprint density at radius 2 is 1.85 bits per heavy atom. The summed E-state index contributed by atoms with van der Waals surface area (Å²) in [4.78, 5) is 26.2. The molecule has 134 valence electrons. The van der Waals surface area contributed by atoms with E-state index in [2.05, 4.69) is 25.6 Å². The number of pyridine rings is 1. The van der Waals surface area contributed by atoms with E-state index in [0.29, 0.717) is 11.6 Å². The van der Waals surface area contributed by atoms with E-state index in [9.17, 15) is 4.79 Å². The Labute approximate surface area is 160 Å². The molecule has 0 saturated carbocycles. The fourth-order valence-corrected chi connectivity index (χ4v) is 3.51. The number of amides is 1. The molecule has 0 aliphatic carbocycles. The summed E-state index contributed by atoms with van der Waals surface area (Å²) in [6.45, 7) is 1.98. The van der Waals surface area contributed by atoms with E-state index < -0.39 is 0 Å². The molecule has 0 saturated heterocycles. The molecule has 6 nitrogen and oxygen atoms in total. The van der Waals surface area contributed by atoms with Crippen LogP contribution in [-0.2, 0) is 0 Å². The van der Waals surface area contributed by atoms with E-state index in [1.54, 1.807) is 6.20 Å². The Morgan fingerprint density at radius 3 is 2.63 bits per heavy atom. The molecule has 0 spiro atoms. The fourth-order valence-electron chi connectivity index (χ4n) is 2.69. The summed E-state index contributed by atoms with van der Waals surface area (Å²) >= 11 is 1.45. The van der Waals surface area contributed by atoms with Gasteiger partial charge in [-0.05, 0) is 42.6 Å². The standard InChI is InChI=1S/C20H17N5OS/c1-13(15-9-5-6-11-21-15)22-20-24-16-10-12-27-18(16)17(25-20)19(26)23-14-7-3-2-4-8-14/h2-13H,1H3,(H,23,26)(H,22,24,25). The van der Waals surface area contributed by atoms with Crippen LogP contribution < -0.4 is 10.6 Å². The second kappa shape index (κ2) is 7.51. The lowest BCUT2D eigenvalue weighted by Gasteiger charge is -2.14. The van der Waals surface area contributed by atoms with Crippen LogP contribution in [0.1, 0.15) is 29.1 Å². The zero-order valence-corrected chi connectivity index (χ0v) is 15.4. The summed E-state index contributed by atoms with van der Waals surface area (Å²) in [6, 6.07) is 16.9. The predicted molar refractivity (Wildman–Crippen MR) is 108 cm³/mol. The molecule has 0 bridgehead atoms. The maximum atomic E-state index is 12.8. The Kier molecular flexibility index (Phi) is 4.76. The van der Waals surface area contributed by atoms with E-state index >= 15 is 0 Å². The Balaban J connectivity index is 1.64. The molecular formula is C20H17N5OS. The molecule has 4 rings (SSSR count). The summed E-state index contributed by atoms with van der Waals surface area (Å²) < 4.78 is 0.763. The van der Waals surface area contributed by atoms with Gasteiger partial charge < -0.3 is 10.6 Å². The third-order valence-electron chi connectivity index (χ3n) is 4.03. The van der Waals surface area contributed by atoms with Crippen LogP contribution >= 0.6 is 11.3 Å². The van der Waals surface area contributed by atoms with Crippen molar-refractivity contribution in [2.24, 2.45) is 0 Å². The maximum absolute atomic E-state index is 12.8. The molecule has 1 amide bonds. The summed E-state index contributed by atoms with van der Waals surface area (Å²) in [5.74, 6) is 0.141. The molecule has 3 aromatic heterocycles. The molecule has 4 aromatic rings. The largest absolute Gasteiger partial charge is 0.346 e. The van der Waals surface area contributed by atoms with Crippen molar-refractivity contribution in [2.45, 2.75) is 13.0 Å². The third-order valence-corrected chi connectivity index (χ3v) is 4.94. The minimum Gasteiger partial charge on any atom is -0.346 e. The molecule has 1 aromatic carbocycles. The molecule has 1 atom stereocenters. The number of anilines is 2. The first-order valence-corrected chi connectivity index (χ1v) is 9.38. The van der Waals surface area contributed by atoms with Crippen LogP contribution in [0.25, 0.3) is 10.2 Å². The molecule has 0 aliphatic rings. The smallest absolute Gasteiger partial charge is 0.275 e. The van der Waals surface area contributed by atoms with Crippen LogP contribution in [0.2, 0.25) is 0 Å². The van der Waals surface area contributed by atoms with Crippen LogP contribution in [0.4, 0.5) is 11.6 Å². The van der Waals surface area contributed by atoms with Gasteiger partial charge in [0.05, 0.1) is 22.0 Å². The number of nitrogens with zero attached hydrogens (tertiary/aromatic N) is 3. The molecule has 3 heterocycles. The van der Waals surface area contributed by atoms with Gasteiger partial charge in [-0.2, -0.15) is 0 Å². The highest BCUT2D eigenvalue weighted by atomic mass is 32.1. The van der Waals surface area contributed by atoms with Crippen molar-refractivity contribution in [1.82, 2.24) is 15.0 Å². The lowest BCUT2D eigenvalue weighted by Crippen LogP contribution is -2.17. The lowest BCUT2D eigenvalue weighted by atomic mass is 10.2. The molecule has 0 radical (unpaired) electrons. The van der Waals surface area contributed by atoms with Gasteiger partial charge in [-0.3, -0.25) is 9.78 Å². The molecule has 0 aliphatic heterocycles. The number of para-hydroxylation sites is 1. The van der Waals surface area contributed by atoms with Crippen molar-refractivity contribution >= 4 is 39.1 Å². The highest BCUT2D eigenvalue weighted by molar-refractivity contribution is 7.17. The maximum Gasteiger partial charge on any atom is 0.275 e. The zero-order chi connectivity index (χ0) is 18.6. The predicted octanol–water partition coefficient (Wildman–Crippen LogP) is 4.51. The van der Waals surface area contributed by atoms with Crippen molar-refractivity contribution in [3.63, 3.8) is 0 Å². The average molecular weight is 375 g/mol. The summed E-state index contributed by atoms with van der Waals surface area (Å²) in [5.41, 5.74) is 2.70. The quantitative estimate of drug-likeness (QED) is 0.536. The highest BCUT2D eigenvalue weighted by Crippen LogP contribution is 2.25. The number of carbonyl (C=O) groups excluding carboxylic acids is 1. The first-order chi connectivity index (χ1) is 13.2.